The molecular formula is C22H21NO5. The van der Waals surface area contributed by atoms with Gasteiger partial charge in [0, 0.05) is 18.1 Å². The molecule has 6 heteroatoms. The van der Waals surface area contributed by atoms with Crippen molar-refractivity contribution in [2.45, 2.75) is 12.8 Å². The van der Waals surface area contributed by atoms with Crippen molar-refractivity contribution < 1.29 is 19.6 Å². The largest absolute Gasteiger partial charge is 0.497 e. The zero-order valence-electron chi connectivity index (χ0n) is 15.6. The van der Waals surface area contributed by atoms with Crippen molar-refractivity contribution in [1.82, 2.24) is 0 Å². The minimum atomic E-state index is -1.09. The van der Waals surface area contributed by atoms with E-state index in [4.69, 9.17) is 9.84 Å². The molecule has 6 nitrogen and oxygen atoms in total. The third kappa shape index (κ3) is 5.67. The van der Waals surface area contributed by atoms with Crippen LogP contribution < -0.4 is 4.74 Å². The summed E-state index contributed by atoms with van der Waals surface area (Å²) in [5, 5.41) is 18.6. The average molecular weight is 379 g/mol. The Labute approximate surface area is 163 Å². The number of nitro benzene ring substituents is 1. The lowest BCUT2D eigenvalue weighted by Gasteiger charge is -2.12. The van der Waals surface area contributed by atoms with Crippen LogP contribution in [0.15, 0.2) is 78.9 Å². The zero-order chi connectivity index (χ0) is 20.5. The molecule has 0 aromatic heterocycles. The molecule has 0 aliphatic rings. The Bertz CT molecular complexity index is 873. The molecule has 1 unspecified atom stereocenters. The smallest absolute Gasteiger partial charge is 0.335 e. The molecule has 3 rings (SSSR count). The van der Waals surface area contributed by atoms with Gasteiger partial charge in [0.25, 0.3) is 5.69 Å². The summed E-state index contributed by atoms with van der Waals surface area (Å²) in [7, 11) is 1.69. The van der Waals surface area contributed by atoms with E-state index in [9.17, 15) is 14.9 Å². The number of aromatic carboxylic acids is 1. The van der Waals surface area contributed by atoms with Crippen LogP contribution in [0, 0.1) is 10.1 Å². The summed E-state index contributed by atoms with van der Waals surface area (Å²) in [6.45, 7) is 2.22. The molecule has 0 aliphatic carbocycles. The number of carboxylic acids is 1. The van der Waals surface area contributed by atoms with Gasteiger partial charge in [-0.2, -0.15) is 0 Å². The van der Waals surface area contributed by atoms with Crippen molar-refractivity contribution in [1.29, 1.82) is 0 Å². The van der Waals surface area contributed by atoms with Gasteiger partial charge in [0.2, 0.25) is 0 Å². The van der Waals surface area contributed by atoms with Crippen molar-refractivity contribution in [3.63, 3.8) is 0 Å². The lowest BCUT2D eigenvalue weighted by atomic mass is 9.93. The van der Waals surface area contributed by atoms with Crippen LogP contribution in [0.4, 0.5) is 5.69 Å². The van der Waals surface area contributed by atoms with Gasteiger partial charge in [0.1, 0.15) is 5.75 Å². The predicted molar refractivity (Wildman–Crippen MR) is 107 cm³/mol. The molecule has 144 valence electrons. The Morgan fingerprint density at radius 1 is 0.929 bits per heavy atom. The molecule has 3 aromatic rings. The van der Waals surface area contributed by atoms with E-state index in [1.165, 1.54) is 23.3 Å². The molecule has 0 spiro atoms. The number of carboxylic acid groups (broad SMARTS) is 1. The van der Waals surface area contributed by atoms with Crippen molar-refractivity contribution in [3.8, 4) is 5.75 Å². The molecule has 0 radical (unpaired) electrons. The van der Waals surface area contributed by atoms with Gasteiger partial charge in [0.15, 0.2) is 0 Å². The molecule has 0 aliphatic heterocycles. The lowest BCUT2D eigenvalue weighted by molar-refractivity contribution is -0.384. The van der Waals surface area contributed by atoms with Gasteiger partial charge in [-0.3, -0.25) is 10.1 Å². The van der Waals surface area contributed by atoms with E-state index in [0.29, 0.717) is 5.92 Å². The first-order valence-corrected chi connectivity index (χ1v) is 8.59. The van der Waals surface area contributed by atoms with Crippen molar-refractivity contribution in [2.24, 2.45) is 0 Å². The maximum atomic E-state index is 10.3. The highest BCUT2D eigenvalue weighted by atomic mass is 16.6. The molecule has 0 fully saturated rings. The Morgan fingerprint density at radius 2 is 1.46 bits per heavy atom. The van der Waals surface area contributed by atoms with Gasteiger partial charge in [-0.1, -0.05) is 49.4 Å². The van der Waals surface area contributed by atoms with Gasteiger partial charge >= 0.3 is 5.97 Å². The number of hydrogen-bond acceptors (Lipinski definition) is 4. The molecule has 1 atom stereocenters. The molecule has 0 saturated heterocycles. The van der Waals surface area contributed by atoms with Gasteiger partial charge in [-0.25, -0.2) is 4.79 Å². The second kappa shape index (κ2) is 9.87. The SMILES string of the molecule is COc1ccc(C(C)c2ccccc2)cc1.O=C(O)c1ccc([N+](=O)[O-])cc1. The Morgan fingerprint density at radius 3 is 1.93 bits per heavy atom. The van der Waals surface area contributed by atoms with Crippen molar-refractivity contribution >= 4 is 11.7 Å². The number of rotatable bonds is 5. The van der Waals surface area contributed by atoms with Crippen LogP contribution in [-0.2, 0) is 0 Å². The summed E-state index contributed by atoms with van der Waals surface area (Å²) in [6.07, 6.45) is 0. The predicted octanol–water partition coefficient (Wildman–Crippen LogP) is 5.14. The Balaban J connectivity index is 0.000000209. The summed E-state index contributed by atoms with van der Waals surface area (Å²) in [5.74, 6) is 0.237. The fourth-order valence-corrected chi connectivity index (χ4v) is 2.55. The average Bonchev–Trinajstić information content (AvgIpc) is 2.74. The molecular weight excluding hydrogens is 358 g/mol. The number of hydrogen-bond donors (Lipinski definition) is 1. The summed E-state index contributed by atoms with van der Waals surface area (Å²) in [4.78, 5) is 19.9. The molecule has 0 heterocycles. The maximum absolute atomic E-state index is 10.3. The first kappa shape index (κ1) is 20.6. The van der Waals surface area contributed by atoms with Gasteiger partial charge in [-0.05, 0) is 35.4 Å². The van der Waals surface area contributed by atoms with Gasteiger partial charge in [-0.15, -0.1) is 0 Å². The van der Waals surface area contributed by atoms with E-state index >= 15 is 0 Å². The summed E-state index contributed by atoms with van der Waals surface area (Å²) in [6, 6.07) is 23.5. The van der Waals surface area contributed by atoms with Crippen LogP contribution in [0.25, 0.3) is 0 Å². The molecule has 28 heavy (non-hydrogen) atoms. The molecule has 0 amide bonds. The molecule has 1 N–H and O–H groups in total. The van der Waals surface area contributed by atoms with E-state index in [0.717, 1.165) is 17.9 Å². The van der Waals surface area contributed by atoms with E-state index in [1.807, 2.05) is 18.2 Å². The highest BCUT2D eigenvalue weighted by Crippen LogP contribution is 2.25. The minimum absolute atomic E-state index is 0.0422. The summed E-state index contributed by atoms with van der Waals surface area (Å²) in [5.41, 5.74) is 2.58. The Hall–Kier alpha value is -3.67. The third-order valence-electron chi connectivity index (χ3n) is 4.24. The monoisotopic (exact) mass is 379 g/mol. The number of nitrogens with zero attached hydrogens (tertiary/aromatic N) is 1. The Kier molecular flexibility index (Phi) is 7.28. The second-order valence-electron chi connectivity index (χ2n) is 6.01. The van der Waals surface area contributed by atoms with Crippen molar-refractivity contribution in [3.05, 3.63) is 106 Å². The van der Waals surface area contributed by atoms with Crippen LogP contribution in [0.2, 0.25) is 0 Å². The van der Waals surface area contributed by atoms with Crippen LogP contribution in [0.3, 0.4) is 0 Å². The van der Waals surface area contributed by atoms with Crippen molar-refractivity contribution in [2.75, 3.05) is 7.11 Å². The highest BCUT2D eigenvalue weighted by molar-refractivity contribution is 5.87. The third-order valence-corrected chi connectivity index (χ3v) is 4.24. The number of benzene rings is 3. The maximum Gasteiger partial charge on any atom is 0.335 e. The van der Waals surface area contributed by atoms with Crippen LogP contribution >= 0.6 is 0 Å². The second-order valence-corrected chi connectivity index (χ2v) is 6.01. The van der Waals surface area contributed by atoms with Crippen LogP contribution in [0.5, 0.6) is 5.75 Å². The van der Waals surface area contributed by atoms with E-state index in [1.54, 1.807) is 7.11 Å². The molecule has 0 bridgehead atoms. The summed E-state index contributed by atoms with van der Waals surface area (Å²) >= 11 is 0. The normalized spacial score (nSPS) is 10.9. The molecule has 0 saturated carbocycles. The fraction of sp³-hybridized carbons (Fsp3) is 0.136. The minimum Gasteiger partial charge on any atom is -0.497 e. The number of nitro groups is 1. The van der Waals surface area contributed by atoms with Crippen LogP contribution in [0.1, 0.15) is 34.3 Å². The standard InChI is InChI=1S/C15H16O.C7H5NO4/c1-12(13-6-4-3-5-7-13)14-8-10-15(16-2)11-9-14;9-7(10)5-1-3-6(4-2-5)8(11)12/h3-12H,1-2H3;1-4H,(H,9,10). The topological polar surface area (TPSA) is 89.7 Å². The quantitative estimate of drug-likeness (QED) is 0.490. The first-order chi connectivity index (χ1) is 13.4. The number of non-ortho nitro benzene ring substituents is 1. The number of ether oxygens (including phenoxy) is 1. The van der Waals surface area contributed by atoms with Gasteiger partial charge < -0.3 is 9.84 Å². The zero-order valence-corrected chi connectivity index (χ0v) is 15.6. The molecule has 3 aromatic carbocycles. The lowest BCUT2D eigenvalue weighted by Crippen LogP contribution is -1.96. The van der Waals surface area contributed by atoms with E-state index < -0.39 is 10.9 Å². The van der Waals surface area contributed by atoms with E-state index in [2.05, 4.69) is 43.3 Å². The van der Waals surface area contributed by atoms with Gasteiger partial charge in [0.05, 0.1) is 17.6 Å². The fourth-order valence-electron chi connectivity index (χ4n) is 2.55. The highest BCUT2D eigenvalue weighted by Gasteiger charge is 2.08. The van der Waals surface area contributed by atoms with Crippen LogP contribution in [-0.4, -0.2) is 23.1 Å². The summed E-state index contributed by atoms with van der Waals surface area (Å²) < 4.78 is 5.15. The number of carbonyl (C=O) groups is 1. The van der Waals surface area contributed by atoms with E-state index in [-0.39, 0.29) is 11.3 Å². The first-order valence-electron chi connectivity index (χ1n) is 8.59. The number of methoxy groups -OCH3 is 1.